The fraction of sp³-hybridized carbons (Fsp3) is 0.286. The first kappa shape index (κ1) is 12.4. The Morgan fingerprint density at radius 3 is 2.72 bits per heavy atom. The van der Waals surface area contributed by atoms with Crippen molar-refractivity contribution in [3.63, 3.8) is 0 Å². The first-order valence-corrected chi connectivity index (χ1v) is 5.98. The molecule has 1 N–H and O–H groups in total. The summed E-state index contributed by atoms with van der Waals surface area (Å²) in [5.41, 5.74) is -0.0107. The van der Waals surface area contributed by atoms with Crippen LogP contribution in [0.15, 0.2) is 41.3 Å². The fourth-order valence-corrected chi connectivity index (χ4v) is 1.96. The van der Waals surface area contributed by atoms with Crippen LogP contribution in [0.2, 0.25) is 0 Å². The van der Waals surface area contributed by atoms with Gasteiger partial charge in [-0.3, -0.25) is 9.59 Å². The molecule has 94 valence electrons. The topological polar surface area (TPSA) is 59.3 Å². The third-order valence-corrected chi connectivity index (χ3v) is 2.93. The maximum atomic E-state index is 12.1. The number of unbranched alkanes of at least 4 members (excludes halogenated alkanes) is 1. The Bertz CT molecular complexity index is 616. The summed E-state index contributed by atoms with van der Waals surface area (Å²) in [5.74, 6) is -0.791. The van der Waals surface area contributed by atoms with Gasteiger partial charge in [0.05, 0.1) is 0 Å². The number of nitrogens with zero attached hydrogens (tertiary/aromatic N) is 1. The van der Waals surface area contributed by atoms with Gasteiger partial charge in [-0.2, -0.15) is 0 Å². The zero-order valence-electron chi connectivity index (χ0n) is 10.0. The zero-order chi connectivity index (χ0) is 13.0. The molecule has 1 aromatic carbocycles. The second-order valence-electron chi connectivity index (χ2n) is 4.25. The number of rotatable bonds is 5. The Labute approximate surface area is 104 Å². The lowest BCUT2D eigenvalue weighted by Crippen LogP contribution is -2.19. The summed E-state index contributed by atoms with van der Waals surface area (Å²) in [6.45, 7) is 0.566. The van der Waals surface area contributed by atoms with Crippen LogP contribution in [0, 0.1) is 0 Å². The number of carboxylic acid groups (broad SMARTS) is 1. The van der Waals surface area contributed by atoms with Crippen molar-refractivity contribution in [3.8, 4) is 0 Å². The lowest BCUT2D eigenvalue weighted by Gasteiger charge is -2.06. The predicted molar refractivity (Wildman–Crippen MR) is 69.7 cm³/mol. The monoisotopic (exact) mass is 245 g/mol. The molecule has 0 aliphatic rings. The minimum Gasteiger partial charge on any atom is -0.481 e. The summed E-state index contributed by atoms with van der Waals surface area (Å²) in [4.78, 5) is 22.5. The lowest BCUT2D eigenvalue weighted by atomic mass is 10.1. The van der Waals surface area contributed by atoms with Gasteiger partial charge in [-0.05, 0) is 30.4 Å². The molecule has 0 fully saturated rings. The number of benzene rings is 1. The third-order valence-electron chi connectivity index (χ3n) is 2.93. The molecule has 0 atom stereocenters. The molecular weight excluding hydrogens is 230 g/mol. The molecular formula is C14H15NO3. The number of hydrogen-bond acceptors (Lipinski definition) is 2. The van der Waals surface area contributed by atoms with Crippen molar-refractivity contribution >= 4 is 16.7 Å². The van der Waals surface area contributed by atoms with Gasteiger partial charge in [0.15, 0.2) is 0 Å². The van der Waals surface area contributed by atoms with Crippen molar-refractivity contribution in [3.05, 3.63) is 46.9 Å². The fourth-order valence-electron chi connectivity index (χ4n) is 1.96. The first-order valence-electron chi connectivity index (χ1n) is 5.98. The number of carbonyl (C=O) groups is 1. The molecule has 1 aromatic heterocycles. The van der Waals surface area contributed by atoms with E-state index in [0.29, 0.717) is 24.8 Å². The van der Waals surface area contributed by atoms with Crippen molar-refractivity contribution in [1.29, 1.82) is 0 Å². The van der Waals surface area contributed by atoms with E-state index in [1.165, 1.54) is 0 Å². The molecule has 0 aliphatic heterocycles. The van der Waals surface area contributed by atoms with Crippen molar-refractivity contribution in [2.75, 3.05) is 0 Å². The van der Waals surface area contributed by atoms with E-state index in [0.717, 1.165) is 5.39 Å². The Morgan fingerprint density at radius 2 is 1.94 bits per heavy atom. The molecule has 4 nitrogen and oxygen atoms in total. The summed E-state index contributed by atoms with van der Waals surface area (Å²) >= 11 is 0. The van der Waals surface area contributed by atoms with E-state index in [1.54, 1.807) is 10.8 Å². The molecule has 0 amide bonds. The molecule has 0 aliphatic carbocycles. The molecule has 0 radical (unpaired) electrons. The lowest BCUT2D eigenvalue weighted by molar-refractivity contribution is -0.137. The van der Waals surface area contributed by atoms with Gasteiger partial charge in [0, 0.05) is 24.5 Å². The summed E-state index contributed by atoms with van der Waals surface area (Å²) in [6, 6.07) is 9.38. The van der Waals surface area contributed by atoms with Crippen LogP contribution >= 0.6 is 0 Å². The van der Waals surface area contributed by atoms with Crippen LogP contribution in [-0.4, -0.2) is 15.6 Å². The highest BCUT2D eigenvalue weighted by atomic mass is 16.4. The molecule has 4 heteroatoms. The highest BCUT2D eigenvalue weighted by Crippen LogP contribution is 2.08. The smallest absolute Gasteiger partial charge is 0.303 e. The van der Waals surface area contributed by atoms with Gasteiger partial charge in [-0.15, -0.1) is 0 Å². The molecule has 0 spiro atoms. The van der Waals surface area contributed by atoms with Gasteiger partial charge in [0.2, 0.25) is 0 Å². The third kappa shape index (κ3) is 2.77. The largest absolute Gasteiger partial charge is 0.481 e. The van der Waals surface area contributed by atoms with Gasteiger partial charge in [0.1, 0.15) is 0 Å². The van der Waals surface area contributed by atoms with Gasteiger partial charge < -0.3 is 9.67 Å². The van der Waals surface area contributed by atoms with Crippen LogP contribution in [0.4, 0.5) is 0 Å². The quantitative estimate of drug-likeness (QED) is 0.822. The van der Waals surface area contributed by atoms with E-state index in [-0.39, 0.29) is 12.0 Å². The first-order chi connectivity index (χ1) is 8.68. The number of aryl methyl sites for hydroxylation is 1. The van der Waals surface area contributed by atoms with Crippen LogP contribution in [0.3, 0.4) is 0 Å². The second-order valence-corrected chi connectivity index (χ2v) is 4.25. The van der Waals surface area contributed by atoms with Crippen LogP contribution < -0.4 is 5.56 Å². The van der Waals surface area contributed by atoms with Crippen LogP contribution in [0.1, 0.15) is 19.3 Å². The van der Waals surface area contributed by atoms with Crippen LogP contribution in [-0.2, 0) is 11.3 Å². The van der Waals surface area contributed by atoms with E-state index in [2.05, 4.69) is 0 Å². The Balaban J connectivity index is 2.12. The molecule has 0 unspecified atom stereocenters. The van der Waals surface area contributed by atoms with Crippen molar-refractivity contribution in [2.45, 2.75) is 25.8 Å². The van der Waals surface area contributed by atoms with E-state index < -0.39 is 5.97 Å². The predicted octanol–water partition coefficient (Wildman–Crippen LogP) is 2.26. The Morgan fingerprint density at radius 1 is 1.17 bits per heavy atom. The van der Waals surface area contributed by atoms with Crippen LogP contribution in [0.25, 0.3) is 10.8 Å². The highest BCUT2D eigenvalue weighted by molar-refractivity contribution is 5.81. The summed E-state index contributed by atoms with van der Waals surface area (Å²) < 4.78 is 1.64. The zero-order valence-corrected chi connectivity index (χ0v) is 10.0. The number of aliphatic carboxylic acids is 1. The summed E-state index contributed by atoms with van der Waals surface area (Å²) in [6.07, 6.45) is 3.22. The number of aromatic nitrogens is 1. The van der Waals surface area contributed by atoms with Crippen molar-refractivity contribution in [1.82, 2.24) is 4.57 Å². The van der Waals surface area contributed by atoms with E-state index in [4.69, 9.17) is 5.11 Å². The number of pyridine rings is 1. The number of carboxylic acids is 1. The normalized spacial score (nSPS) is 10.7. The average molecular weight is 245 g/mol. The molecule has 0 bridgehead atoms. The minimum atomic E-state index is -0.791. The minimum absolute atomic E-state index is 0.0107. The maximum absolute atomic E-state index is 12.1. The maximum Gasteiger partial charge on any atom is 0.303 e. The van der Waals surface area contributed by atoms with Gasteiger partial charge in [0.25, 0.3) is 5.56 Å². The Hall–Kier alpha value is -2.10. The molecule has 0 saturated carbocycles. The van der Waals surface area contributed by atoms with Gasteiger partial charge in [-0.25, -0.2) is 0 Å². The second kappa shape index (κ2) is 5.49. The van der Waals surface area contributed by atoms with Gasteiger partial charge in [-0.1, -0.05) is 18.2 Å². The molecule has 1 heterocycles. The van der Waals surface area contributed by atoms with Crippen molar-refractivity contribution < 1.29 is 9.90 Å². The molecule has 18 heavy (non-hydrogen) atoms. The molecule has 0 saturated heterocycles. The average Bonchev–Trinajstić information content (AvgIpc) is 2.37. The van der Waals surface area contributed by atoms with E-state index >= 15 is 0 Å². The van der Waals surface area contributed by atoms with E-state index in [1.807, 2.05) is 30.3 Å². The number of hydrogen-bond donors (Lipinski definition) is 1. The van der Waals surface area contributed by atoms with E-state index in [9.17, 15) is 9.59 Å². The number of fused-ring (bicyclic) bond motifs is 1. The summed E-state index contributed by atoms with van der Waals surface area (Å²) in [7, 11) is 0. The molecule has 2 aromatic rings. The van der Waals surface area contributed by atoms with Crippen LogP contribution in [0.5, 0.6) is 0 Å². The summed E-state index contributed by atoms with van der Waals surface area (Å²) in [5, 5.41) is 10.2. The standard InChI is InChI=1S/C14H15NO3/c16-13(17)7-3-4-9-15-10-8-11-5-1-2-6-12(11)14(15)18/h1-2,5-6,8,10H,3-4,7,9H2,(H,16,17). The van der Waals surface area contributed by atoms with Crippen molar-refractivity contribution in [2.24, 2.45) is 0 Å². The Kier molecular flexibility index (Phi) is 3.77. The highest BCUT2D eigenvalue weighted by Gasteiger charge is 2.02. The SMILES string of the molecule is O=C(O)CCCCn1ccc2ccccc2c1=O. The van der Waals surface area contributed by atoms with Gasteiger partial charge >= 0.3 is 5.97 Å². The molecule has 2 rings (SSSR count).